The molecule has 18 heavy (non-hydrogen) atoms. The van der Waals surface area contributed by atoms with E-state index >= 15 is 0 Å². The van der Waals surface area contributed by atoms with Crippen molar-refractivity contribution in [3.05, 3.63) is 23.8 Å². The average Bonchev–Trinajstić information content (AvgIpc) is 2.81. The van der Waals surface area contributed by atoms with Crippen molar-refractivity contribution in [2.24, 2.45) is 0 Å². The van der Waals surface area contributed by atoms with E-state index in [0.717, 1.165) is 24.6 Å². The molecule has 1 unspecified atom stereocenters. The summed E-state index contributed by atoms with van der Waals surface area (Å²) in [7, 11) is 0. The highest BCUT2D eigenvalue weighted by atomic mass is 16.7. The van der Waals surface area contributed by atoms with Gasteiger partial charge in [-0.3, -0.25) is 0 Å². The van der Waals surface area contributed by atoms with Crippen LogP contribution in [0.2, 0.25) is 0 Å². The lowest BCUT2D eigenvalue weighted by Crippen LogP contribution is -2.38. The van der Waals surface area contributed by atoms with Gasteiger partial charge in [0.1, 0.15) is 0 Å². The van der Waals surface area contributed by atoms with Gasteiger partial charge in [0.15, 0.2) is 11.5 Å². The van der Waals surface area contributed by atoms with Crippen molar-refractivity contribution in [2.45, 2.75) is 39.4 Å². The van der Waals surface area contributed by atoms with E-state index in [4.69, 9.17) is 9.47 Å². The highest BCUT2D eigenvalue weighted by Crippen LogP contribution is 2.32. The second-order valence-electron chi connectivity index (χ2n) is 5.03. The molecule has 0 radical (unpaired) electrons. The molecule has 1 aliphatic heterocycles. The van der Waals surface area contributed by atoms with Gasteiger partial charge in [-0.25, -0.2) is 0 Å². The van der Waals surface area contributed by atoms with Crippen molar-refractivity contribution in [3.63, 3.8) is 0 Å². The normalized spacial score (nSPS) is 15.1. The molecule has 0 amide bonds. The second kappa shape index (κ2) is 6.07. The van der Waals surface area contributed by atoms with Crippen molar-refractivity contribution in [2.75, 3.05) is 13.3 Å². The minimum Gasteiger partial charge on any atom is -0.454 e. The number of fused-ring (bicyclic) bond motifs is 1. The fourth-order valence-electron chi connectivity index (χ4n) is 1.83. The summed E-state index contributed by atoms with van der Waals surface area (Å²) in [6, 6.07) is 7.05. The molecule has 0 saturated heterocycles. The summed E-state index contributed by atoms with van der Waals surface area (Å²) in [5.74, 6) is 1.69. The number of hydrogen-bond acceptors (Lipinski definition) is 4. The number of hydrogen-bond donors (Lipinski definition) is 2. The van der Waals surface area contributed by atoms with Crippen molar-refractivity contribution in [1.82, 2.24) is 10.6 Å². The minimum absolute atomic E-state index is 0.334. The van der Waals surface area contributed by atoms with Crippen LogP contribution in [0.3, 0.4) is 0 Å². The van der Waals surface area contributed by atoms with Gasteiger partial charge in [-0.2, -0.15) is 0 Å². The Bertz CT molecular complexity index is 393. The predicted octanol–water partition coefficient (Wildman–Crippen LogP) is 1.89. The third-order valence-corrected chi connectivity index (χ3v) is 2.92. The molecule has 0 saturated carbocycles. The molecule has 0 spiro atoms. The Morgan fingerprint density at radius 2 is 1.89 bits per heavy atom. The van der Waals surface area contributed by atoms with Gasteiger partial charge < -0.3 is 20.1 Å². The molecular weight excluding hydrogens is 228 g/mol. The molecule has 1 aromatic rings. The van der Waals surface area contributed by atoms with Gasteiger partial charge in [0.2, 0.25) is 6.79 Å². The Morgan fingerprint density at radius 1 is 1.11 bits per heavy atom. The summed E-state index contributed by atoms with van der Waals surface area (Å²) >= 11 is 0. The molecule has 4 nitrogen and oxygen atoms in total. The topological polar surface area (TPSA) is 42.5 Å². The first kappa shape index (κ1) is 13.2. The Labute approximate surface area is 109 Å². The van der Waals surface area contributed by atoms with Gasteiger partial charge in [-0.15, -0.1) is 0 Å². The highest BCUT2D eigenvalue weighted by Gasteiger charge is 2.13. The number of ether oxygens (including phenoxy) is 2. The van der Waals surface area contributed by atoms with Crippen LogP contribution in [0.25, 0.3) is 0 Å². The molecular formula is C14H22N2O2. The van der Waals surface area contributed by atoms with Crippen LogP contribution in [0.4, 0.5) is 0 Å². The third kappa shape index (κ3) is 3.62. The second-order valence-corrected chi connectivity index (χ2v) is 5.03. The Balaban J connectivity index is 1.79. The quantitative estimate of drug-likeness (QED) is 0.809. The SMILES string of the molecule is CC(C)NCC(C)NCc1ccc2c(c1)OCO2. The molecule has 100 valence electrons. The molecule has 0 bridgehead atoms. The maximum Gasteiger partial charge on any atom is 0.231 e. The maximum atomic E-state index is 5.36. The van der Waals surface area contributed by atoms with Crippen molar-refractivity contribution in [1.29, 1.82) is 0 Å². The van der Waals surface area contributed by atoms with Crippen LogP contribution in [0.1, 0.15) is 26.3 Å². The first-order valence-electron chi connectivity index (χ1n) is 6.50. The summed E-state index contributed by atoms with van der Waals surface area (Å²) in [5, 5.41) is 6.90. The van der Waals surface area contributed by atoms with Gasteiger partial charge in [-0.05, 0) is 24.6 Å². The fourth-order valence-corrected chi connectivity index (χ4v) is 1.83. The van der Waals surface area contributed by atoms with Gasteiger partial charge in [-0.1, -0.05) is 19.9 Å². The van der Waals surface area contributed by atoms with Crippen LogP contribution in [0.15, 0.2) is 18.2 Å². The molecule has 1 aliphatic rings. The van der Waals surface area contributed by atoms with E-state index in [1.807, 2.05) is 12.1 Å². The Hall–Kier alpha value is -1.26. The van der Waals surface area contributed by atoms with E-state index in [-0.39, 0.29) is 0 Å². The van der Waals surface area contributed by atoms with Crippen molar-refractivity contribution >= 4 is 0 Å². The molecule has 2 rings (SSSR count). The molecule has 2 N–H and O–H groups in total. The van der Waals surface area contributed by atoms with Crippen LogP contribution in [-0.2, 0) is 6.54 Å². The summed E-state index contributed by atoms with van der Waals surface area (Å²) in [6.45, 7) is 8.65. The molecule has 0 aromatic heterocycles. The molecule has 0 fully saturated rings. The highest BCUT2D eigenvalue weighted by molar-refractivity contribution is 5.44. The standard InChI is InChI=1S/C14H22N2O2/c1-10(2)15-7-11(3)16-8-12-4-5-13-14(6-12)18-9-17-13/h4-6,10-11,15-16H,7-9H2,1-3H3. The van der Waals surface area contributed by atoms with Crippen LogP contribution < -0.4 is 20.1 Å². The van der Waals surface area contributed by atoms with Crippen LogP contribution in [0, 0.1) is 0 Å². The van der Waals surface area contributed by atoms with Crippen LogP contribution in [0.5, 0.6) is 11.5 Å². The molecule has 1 heterocycles. The minimum atomic E-state index is 0.334. The molecule has 1 atom stereocenters. The number of nitrogens with one attached hydrogen (secondary N) is 2. The summed E-state index contributed by atoms with van der Waals surface area (Å²) in [6.07, 6.45) is 0. The van der Waals surface area contributed by atoms with Gasteiger partial charge >= 0.3 is 0 Å². The van der Waals surface area contributed by atoms with Crippen molar-refractivity contribution < 1.29 is 9.47 Å². The summed E-state index contributed by atoms with van der Waals surface area (Å²) in [5.41, 5.74) is 1.22. The van der Waals surface area contributed by atoms with Crippen LogP contribution in [-0.4, -0.2) is 25.4 Å². The van der Waals surface area contributed by atoms with Gasteiger partial charge in [0, 0.05) is 25.2 Å². The van der Waals surface area contributed by atoms with E-state index in [9.17, 15) is 0 Å². The summed E-state index contributed by atoms with van der Waals surface area (Å²) in [4.78, 5) is 0. The maximum absolute atomic E-state index is 5.36. The molecule has 0 aliphatic carbocycles. The van der Waals surface area contributed by atoms with Crippen LogP contribution >= 0.6 is 0 Å². The Kier molecular flexibility index (Phi) is 4.44. The zero-order valence-electron chi connectivity index (χ0n) is 11.3. The van der Waals surface area contributed by atoms with E-state index in [2.05, 4.69) is 37.5 Å². The van der Waals surface area contributed by atoms with E-state index in [1.165, 1.54) is 5.56 Å². The zero-order chi connectivity index (χ0) is 13.0. The predicted molar refractivity (Wildman–Crippen MR) is 72.0 cm³/mol. The average molecular weight is 250 g/mol. The first-order chi connectivity index (χ1) is 8.65. The molecule has 1 aromatic carbocycles. The summed E-state index contributed by atoms with van der Waals surface area (Å²) < 4.78 is 10.7. The largest absolute Gasteiger partial charge is 0.454 e. The van der Waals surface area contributed by atoms with Crippen molar-refractivity contribution in [3.8, 4) is 11.5 Å². The monoisotopic (exact) mass is 250 g/mol. The van der Waals surface area contributed by atoms with Gasteiger partial charge in [0.05, 0.1) is 0 Å². The lowest BCUT2D eigenvalue weighted by molar-refractivity contribution is 0.174. The lowest BCUT2D eigenvalue weighted by Gasteiger charge is -2.16. The first-order valence-corrected chi connectivity index (χ1v) is 6.50. The Morgan fingerprint density at radius 3 is 2.67 bits per heavy atom. The van der Waals surface area contributed by atoms with Gasteiger partial charge in [0.25, 0.3) is 0 Å². The van der Waals surface area contributed by atoms with E-state index < -0.39 is 0 Å². The number of benzene rings is 1. The third-order valence-electron chi connectivity index (χ3n) is 2.92. The van der Waals surface area contributed by atoms with E-state index in [0.29, 0.717) is 18.9 Å². The molecule has 4 heteroatoms. The number of rotatable bonds is 6. The van der Waals surface area contributed by atoms with E-state index in [1.54, 1.807) is 0 Å². The lowest BCUT2D eigenvalue weighted by atomic mass is 10.2. The zero-order valence-corrected chi connectivity index (χ0v) is 11.3. The fraction of sp³-hybridized carbons (Fsp3) is 0.571. The smallest absolute Gasteiger partial charge is 0.231 e.